The van der Waals surface area contributed by atoms with Gasteiger partial charge in [0.1, 0.15) is 0 Å². The van der Waals surface area contributed by atoms with Crippen molar-refractivity contribution in [3.8, 4) is 0 Å². The number of anilines is 1. The van der Waals surface area contributed by atoms with Gasteiger partial charge in [-0.2, -0.15) is 0 Å². The largest absolute Gasteiger partial charge is 0.368 e. The third-order valence-electron chi connectivity index (χ3n) is 4.29. The lowest BCUT2D eigenvalue weighted by atomic mass is 10.1. The lowest BCUT2D eigenvalue weighted by molar-refractivity contribution is 0.0747. The molecule has 0 radical (unpaired) electrons. The van der Waals surface area contributed by atoms with Crippen LogP contribution in [-0.4, -0.2) is 37.0 Å². The van der Waals surface area contributed by atoms with Crippen molar-refractivity contribution in [1.82, 2.24) is 4.90 Å². The maximum Gasteiger partial charge on any atom is 0.253 e. The maximum atomic E-state index is 12.5. The second kappa shape index (κ2) is 6.22. The van der Waals surface area contributed by atoms with Gasteiger partial charge in [-0.25, -0.2) is 0 Å². The molecule has 0 N–H and O–H groups in total. The molecular weight excluding hydrogens is 272 g/mol. The molecule has 0 atom stereocenters. The lowest BCUT2D eigenvalue weighted by Crippen LogP contribution is -2.49. The van der Waals surface area contributed by atoms with Crippen LogP contribution in [-0.2, 0) is 0 Å². The average Bonchev–Trinajstić information content (AvgIpc) is 2.57. The van der Waals surface area contributed by atoms with Crippen molar-refractivity contribution < 1.29 is 4.79 Å². The van der Waals surface area contributed by atoms with E-state index in [1.54, 1.807) is 0 Å². The van der Waals surface area contributed by atoms with E-state index in [1.165, 1.54) is 16.8 Å². The Hall–Kier alpha value is -2.29. The fraction of sp³-hybridized carbons (Fsp3) is 0.316. The van der Waals surface area contributed by atoms with Crippen molar-refractivity contribution in [1.29, 1.82) is 0 Å². The number of benzene rings is 2. The van der Waals surface area contributed by atoms with Crippen LogP contribution in [0.2, 0.25) is 0 Å². The van der Waals surface area contributed by atoms with Crippen LogP contribution < -0.4 is 4.90 Å². The molecule has 2 aromatic carbocycles. The zero-order valence-corrected chi connectivity index (χ0v) is 13.2. The molecule has 1 aliphatic rings. The van der Waals surface area contributed by atoms with E-state index < -0.39 is 0 Å². The minimum Gasteiger partial charge on any atom is -0.368 e. The van der Waals surface area contributed by atoms with Crippen molar-refractivity contribution in [2.75, 3.05) is 31.1 Å². The van der Waals surface area contributed by atoms with E-state index in [0.717, 1.165) is 31.7 Å². The number of carbonyl (C=O) groups is 1. The Balaban J connectivity index is 1.68. The lowest BCUT2D eigenvalue weighted by Gasteiger charge is -2.37. The van der Waals surface area contributed by atoms with Gasteiger partial charge < -0.3 is 9.80 Å². The van der Waals surface area contributed by atoms with Gasteiger partial charge >= 0.3 is 0 Å². The van der Waals surface area contributed by atoms with Gasteiger partial charge in [-0.3, -0.25) is 4.79 Å². The van der Waals surface area contributed by atoms with Crippen LogP contribution in [0.3, 0.4) is 0 Å². The summed E-state index contributed by atoms with van der Waals surface area (Å²) < 4.78 is 0. The van der Waals surface area contributed by atoms with Gasteiger partial charge in [0.05, 0.1) is 0 Å². The summed E-state index contributed by atoms with van der Waals surface area (Å²) in [5.74, 6) is 0.140. The molecule has 3 rings (SSSR count). The predicted octanol–water partition coefficient (Wildman–Crippen LogP) is 3.27. The van der Waals surface area contributed by atoms with E-state index in [0.29, 0.717) is 0 Å². The summed E-state index contributed by atoms with van der Waals surface area (Å²) >= 11 is 0. The second-order valence-corrected chi connectivity index (χ2v) is 5.94. The molecule has 0 spiro atoms. The standard InChI is InChI=1S/C19H22N2O/c1-15-8-9-16(2)18(14-15)20-10-12-21(13-11-20)19(22)17-6-4-3-5-7-17/h3-9,14H,10-13H2,1-2H3. The molecule has 0 aromatic heterocycles. The topological polar surface area (TPSA) is 23.6 Å². The van der Waals surface area contributed by atoms with Gasteiger partial charge in [0.2, 0.25) is 0 Å². The molecule has 1 heterocycles. The van der Waals surface area contributed by atoms with E-state index in [2.05, 4.69) is 36.9 Å². The predicted molar refractivity (Wildman–Crippen MR) is 90.5 cm³/mol. The van der Waals surface area contributed by atoms with Gasteiger partial charge in [0.15, 0.2) is 0 Å². The maximum absolute atomic E-state index is 12.5. The Bertz CT molecular complexity index is 658. The van der Waals surface area contributed by atoms with Crippen molar-refractivity contribution in [3.05, 3.63) is 65.2 Å². The first-order valence-corrected chi connectivity index (χ1v) is 7.81. The highest BCUT2D eigenvalue weighted by Gasteiger charge is 2.22. The Labute approximate surface area is 132 Å². The third kappa shape index (κ3) is 2.98. The van der Waals surface area contributed by atoms with Gasteiger partial charge in [-0.1, -0.05) is 30.3 Å². The summed E-state index contributed by atoms with van der Waals surface area (Å²) in [5, 5.41) is 0. The molecule has 1 amide bonds. The fourth-order valence-electron chi connectivity index (χ4n) is 2.97. The molecule has 0 aliphatic carbocycles. The monoisotopic (exact) mass is 294 g/mol. The Morgan fingerprint density at radius 3 is 2.27 bits per heavy atom. The summed E-state index contributed by atoms with van der Waals surface area (Å²) in [4.78, 5) is 16.8. The highest BCUT2D eigenvalue weighted by molar-refractivity contribution is 5.94. The number of hydrogen-bond donors (Lipinski definition) is 0. The highest BCUT2D eigenvalue weighted by atomic mass is 16.2. The third-order valence-corrected chi connectivity index (χ3v) is 4.29. The van der Waals surface area contributed by atoms with Crippen molar-refractivity contribution in [2.45, 2.75) is 13.8 Å². The van der Waals surface area contributed by atoms with Crippen LogP contribution in [0.1, 0.15) is 21.5 Å². The molecule has 0 unspecified atom stereocenters. The molecule has 1 fully saturated rings. The Morgan fingerprint density at radius 1 is 0.909 bits per heavy atom. The van der Waals surface area contributed by atoms with E-state index in [1.807, 2.05) is 35.2 Å². The first-order chi connectivity index (χ1) is 10.6. The van der Waals surface area contributed by atoms with Gasteiger partial charge in [0.25, 0.3) is 5.91 Å². The van der Waals surface area contributed by atoms with Crippen LogP contribution in [0, 0.1) is 13.8 Å². The highest BCUT2D eigenvalue weighted by Crippen LogP contribution is 2.23. The van der Waals surface area contributed by atoms with Crippen LogP contribution in [0.5, 0.6) is 0 Å². The Morgan fingerprint density at radius 2 is 1.59 bits per heavy atom. The molecule has 1 saturated heterocycles. The zero-order valence-electron chi connectivity index (χ0n) is 13.2. The van der Waals surface area contributed by atoms with E-state index in [4.69, 9.17) is 0 Å². The van der Waals surface area contributed by atoms with Crippen molar-refractivity contribution >= 4 is 11.6 Å². The normalized spacial score (nSPS) is 15.0. The SMILES string of the molecule is Cc1ccc(C)c(N2CCN(C(=O)c3ccccc3)CC2)c1. The molecule has 3 heteroatoms. The number of piperazine rings is 1. The number of hydrogen-bond acceptors (Lipinski definition) is 2. The van der Waals surface area contributed by atoms with E-state index in [-0.39, 0.29) is 5.91 Å². The van der Waals surface area contributed by atoms with Crippen LogP contribution in [0.15, 0.2) is 48.5 Å². The van der Waals surface area contributed by atoms with Crippen LogP contribution in [0.25, 0.3) is 0 Å². The minimum absolute atomic E-state index is 0.140. The molecular formula is C19H22N2O. The number of rotatable bonds is 2. The summed E-state index contributed by atoms with van der Waals surface area (Å²) in [5.41, 5.74) is 4.66. The number of nitrogens with zero attached hydrogens (tertiary/aromatic N) is 2. The molecule has 114 valence electrons. The van der Waals surface area contributed by atoms with E-state index >= 15 is 0 Å². The molecule has 1 aliphatic heterocycles. The summed E-state index contributed by atoms with van der Waals surface area (Å²) in [6.45, 7) is 7.61. The first kappa shape index (κ1) is 14.6. The van der Waals surface area contributed by atoms with Crippen molar-refractivity contribution in [3.63, 3.8) is 0 Å². The molecule has 2 aromatic rings. The van der Waals surface area contributed by atoms with Gasteiger partial charge in [-0.05, 0) is 43.2 Å². The molecule has 3 nitrogen and oxygen atoms in total. The quantitative estimate of drug-likeness (QED) is 0.848. The number of amides is 1. The summed E-state index contributed by atoms with van der Waals surface area (Å²) in [7, 11) is 0. The zero-order chi connectivity index (χ0) is 15.5. The second-order valence-electron chi connectivity index (χ2n) is 5.94. The summed E-state index contributed by atoms with van der Waals surface area (Å²) in [6.07, 6.45) is 0. The summed E-state index contributed by atoms with van der Waals surface area (Å²) in [6, 6.07) is 16.1. The van der Waals surface area contributed by atoms with Crippen LogP contribution in [0.4, 0.5) is 5.69 Å². The molecule has 0 bridgehead atoms. The van der Waals surface area contributed by atoms with Crippen LogP contribution >= 0.6 is 0 Å². The van der Waals surface area contributed by atoms with Crippen molar-refractivity contribution in [2.24, 2.45) is 0 Å². The van der Waals surface area contributed by atoms with Gasteiger partial charge in [0, 0.05) is 37.4 Å². The van der Waals surface area contributed by atoms with E-state index in [9.17, 15) is 4.79 Å². The first-order valence-electron chi connectivity index (χ1n) is 7.81. The number of carbonyl (C=O) groups excluding carboxylic acids is 1. The average molecular weight is 294 g/mol. The minimum atomic E-state index is 0.140. The fourth-order valence-corrected chi connectivity index (χ4v) is 2.97. The Kier molecular flexibility index (Phi) is 4.14. The molecule has 0 saturated carbocycles. The van der Waals surface area contributed by atoms with Gasteiger partial charge in [-0.15, -0.1) is 0 Å². The molecule has 22 heavy (non-hydrogen) atoms. The smallest absolute Gasteiger partial charge is 0.253 e. The number of aryl methyl sites for hydroxylation is 2.